The van der Waals surface area contributed by atoms with E-state index in [1.165, 1.54) is 43.4 Å². The van der Waals surface area contributed by atoms with Crippen molar-refractivity contribution in [2.45, 2.75) is 38.0 Å². The van der Waals surface area contributed by atoms with Gasteiger partial charge in [0, 0.05) is 5.92 Å². The van der Waals surface area contributed by atoms with Crippen molar-refractivity contribution in [2.75, 3.05) is 14.2 Å². The zero-order chi connectivity index (χ0) is 16.5. The molecule has 0 bridgehead atoms. The highest BCUT2D eigenvalue weighted by molar-refractivity contribution is 7.19. The molecule has 2 aromatic heterocycles. The van der Waals surface area contributed by atoms with Crippen molar-refractivity contribution in [1.82, 2.24) is 19.8 Å². The lowest BCUT2D eigenvalue weighted by Gasteiger charge is -2.18. The standard InChI is InChI=1S/C17H20N4O2S/c1-22-13-10-6-9-12(14(13)23-2)16-20-21-15(18-19-17(21)24-16)11-7-4-3-5-8-11/h6,9-11H,3-5,7-8H2,1-2H3. The first kappa shape index (κ1) is 15.4. The maximum absolute atomic E-state index is 5.54. The maximum Gasteiger partial charge on any atom is 0.234 e. The average Bonchev–Trinajstić information content (AvgIpc) is 3.22. The number of benzene rings is 1. The van der Waals surface area contributed by atoms with Gasteiger partial charge in [-0.3, -0.25) is 0 Å². The molecule has 0 atom stereocenters. The van der Waals surface area contributed by atoms with E-state index in [-0.39, 0.29) is 0 Å². The van der Waals surface area contributed by atoms with E-state index < -0.39 is 0 Å². The second-order valence-corrected chi connectivity index (χ2v) is 6.99. The zero-order valence-electron chi connectivity index (χ0n) is 13.9. The first-order valence-electron chi connectivity index (χ1n) is 8.25. The van der Waals surface area contributed by atoms with Crippen LogP contribution in [0.15, 0.2) is 18.2 Å². The van der Waals surface area contributed by atoms with Crippen molar-refractivity contribution in [2.24, 2.45) is 0 Å². The fourth-order valence-electron chi connectivity index (χ4n) is 3.41. The van der Waals surface area contributed by atoms with E-state index in [9.17, 15) is 0 Å². The maximum atomic E-state index is 5.54. The Morgan fingerprint density at radius 3 is 2.67 bits per heavy atom. The Bertz CT molecular complexity index is 852. The molecule has 0 N–H and O–H groups in total. The summed E-state index contributed by atoms with van der Waals surface area (Å²) in [6.07, 6.45) is 6.20. The Morgan fingerprint density at radius 2 is 1.92 bits per heavy atom. The average molecular weight is 344 g/mol. The third kappa shape index (κ3) is 2.53. The Morgan fingerprint density at radius 1 is 1.08 bits per heavy atom. The van der Waals surface area contributed by atoms with E-state index in [0.29, 0.717) is 17.4 Å². The molecule has 0 aliphatic heterocycles. The van der Waals surface area contributed by atoms with Crippen molar-refractivity contribution >= 4 is 16.3 Å². The lowest BCUT2D eigenvalue weighted by molar-refractivity contribution is 0.356. The molecular formula is C17H20N4O2S. The molecule has 1 aliphatic carbocycles. The van der Waals surface area contributed by atoms with Gasteiger partial charge in [-0.1, -0.05) is 36.7 Å². The van der Waals surface area contributed by atoms with Gasteiger partial charge in [0.1, 0.15) is 0 Å². The highest BCUT2D eigenvalue weighted by Crippen LogP contribution is 2.40. The van der Waals surface area contributed by atoms with E-state index in [0.717, 1.165) is 21.4 Å². The van der Waals surface area contributed by atoms with Crippen LogP contribution in [0.2, 0.25) is 0 Å². The molecule has 1 aromatic carbocycles. The molecule has 0 saturated heterocycles. The summed E-state index contributed by atoms with van der Waals surface area (Å²) in [7, 11) is 3.29. The van der Waals surface area contributed by atoms with Gasteiger partial charge in [-0.05, 0) is 25.0 Å². The minimum atomic E-state index is 0.468. The summed E-state index contributed by atoms with van der Waals surface area (Å²) in [5.74, 6) is 2.86. The molecule has 4 rings (SSSR count). The number of methoxy groups -OCH3 is 2. The summed E-state index contributed by atoms with van der Waals surface area (Å²) in [5, 5.41) is 14.4. The van der Waals surface area contributed by atoms with Gasteiger partial charge in [-0.25, -0.2) is 0 Å². The number of rotatable bonds is 4. The lowest BCUT2D eigenvalue weighted by atomic mass is 9.89. The lowest BCUT2D eigenvalue weighted by Crippen LogP contribution is -2.09. The van der Waals surface area contributed by atoms with E-state index in [2.05, 4.69) is 10.2 Å². The Balaban J connectivity index is 1.78. The van der Waals surface area contributed by atoms with Crippen molar-refractivity contribution in [3.05, 3.63) is 24.0 Å². The van der Waals surface area contributed by atoms with Gasteiger partial charge in [0.2, 0.25) is 4.96 Å². The molecule has 1 fully saturated rings. The summed E-state index contributed by atoms with van der Waals surface area (Å²) in [6, 6.07) is 5.82. The number of fused-ring (bicyclic) bond motifs is 1. The van der Waals surface area contributed by atoms with Crippen molar-refractivity contribution < 1.29 is 9.47 Å². The van der Waals surface area contributed by atoms with Gasteiger partial charge in [-0.15, -0.1) is 10.2 Å². The first-order chi connectivity index (χ1) is 11.8. The molecule has 1 saturated carbocycles. The van der Waals surface area contributed by atoms with Crippen LogP contribution in [0.4, 0.5) is 0 Å². The highest BCUT2D eigenvalue weighted by atomic mass is 32.1. The molecule has 0 radical (unpaired) electrons. The fraction of sp³-hybridized carbons (Fsp3) is 0.471. The van der Waals surface area contributed by atoms with E-state index in [4.69, 9.17) is 14.6 Å². The second-order valence-electron chi connectivity index (χ2n) is 6.04. The number of para-hydroxylation sites is 1. The number of hydrogen-bond donors (Lipinski definition) is 0. The number of ether oxygens (including phenoxy) is 2. The summed E-state index contributed by atoms with van der Waals surface area (Å²) < 4.78 is 12.8. The minimum absolute atomic E-state index is 0.468. The van der Waals surface area contributed by atoms with Gasteiger partial charge in [0.15, 0.2) is 22.3 Å². The van der Waals surface area contributed by atoms with Crippen LogP contribution in [0.1, 0.15) is 43.8 Å². The topological polar surface area (TPSA) is 61.5 Å². The highest BCUT2D eigenvalue weighted by Gasteiger charge is 2.24. The molecule has 1 aliphatic rings. The summed E-state index contributed by atoms with van der Waals surface area (Å²) in [4.78, 5) is 0.829. The zero-order valence-corrected chi connectivity index (χ0v) is 14.7. The largest absolute Gasteiger partial charge is 0.493 e. The van der Waals surface area contributed by atoms with Crippen LogP contribution in [-0.4, -0.2) is 34.0 Å². The van der Waals surface area contributed by atoms with Crippen LogP contribution in [-0.2, 0) is 0 Å². The normalized spacial score (nSPS) is 15.8. The summed E-state index contributed by atoms with van der Waals surface area (Å²) in [6.45, 7) is 0. The molecule has 0 spiro atoms. The van der Waals surface area contributed by atoms with Crippen molar-refractivity contribution in [3.63, 3.8) is 0 Å². The van der Waals surface area contributed by atoms with Gasteiger partial charge in [0.05, 0.1) is 19.8 Å². The van der Waals surface area contributed by atoms with Crippen LogP contribution in [0.5, 0.6) is 11.5 Å². The number of hydrogen-bond acceptors (Lipinski definition) is 6. The van der Waals surface area contributed by atoms with Gasteiger partial charge in [0.25, 0.3) is 0 Å². The van der Waals surface area contributed by atoms with Crippen LogP contribution in [0, 0.1) is 0 Å². The monoisotopic (exact) mass is 344 g/mol. The van der Waals surface area contributed by atoms with E-state index >= 15 is 0 Å². The summed E-state index contributed by atoms with van der Waals surface area (Å²) in [5.41, 5.74) is 0.918. The molecule has 0 unspecified atom stereocenters. The predicted octanol–water partition coefficient (Wildman–Crippen LogP) is 3.92. The molecule has 6 nitrogen and oxygen atoms in total. The van der Waals surface area contributed by atoms with E-state index in [1.54, 1.807) is 14.2 Å². The number of nitrogens with zero attached hydrogens (tertiary/aromatic N) is 4. The molecule has 126 valence electrons. The van der Waals surface area contributed by atoms with Crippen LogP contribution < -0.4 is 9.47 Å². The minimum Gasteiger partial charge on any atom is -0.493 e. The Kier molecular flexibility index (Phi) is 4.10. The van der Waals surface area contributed by atoms with Gasteiger partial charge < -0.3 is 9.47 Å². The van der Waals surface area contributed by atoms with Gasteiger partial charge >= 0.3 is 0 Å². The van der Waals surface area contributed by atoms with Gasteiger partial charge in [-0.2, -0.15) is 9.61 Å². The van der Waals surface area contributed by atoms with Crippen molar-refractivity contribution in [1.29, 1.82) is 0 Å². The van der Waals surface area contributed by atoms with Crippen LogP contribution in [0.25, 0.3) is 15.5 Å². The molecule has 7 heteroatoms. The third-order valence-corrected chi connectivity index (χ3v) is 5.55. The van der Waals surface area contributed by atoms with E-state index in [1.807, 2.05) is 22.7 Å². The number of aromatic nitrogens is 4. The molecule has 2 heterocycles. The first-order valence-corrected chi connectivity index (χ1v) is 9.07. The molecule has 0 amide bonds. The second kappa shape index (κ2) is 6.39. The molecular weight excluding hydrogens is 324 g/mol. The Hall–Kier alpha value is -2.15. The Labute approximate surface area is 144 Å². The van der Waals surface area contributed by atoms with Crippen molar-refractivity contribution in [3.8, 4) is 22.1 Å². The predicted molar refractivity (Wildman–Crippen MR) is 93.0 cm³/mol. The third-order valence-electron chi connectivity index (χ3n) is 4.62. The smallest absolute Gasteiger partial charge is 0.234 e. The SMILES string of the molecule is COc1cccc(-c2nn3c(C4CCCCC4)nnc3s2)c1OC. The molecule has 24 heavy (non-hydrogen) atoms. The van der Waals surface area contributed by atoms with Crippen LogP contribution in [0.3, 0.4) is 0 Å². The fourth-order valence-corrected chi connectivity index (χ4v) is 4.28. The van der Waals surface area contributed by atoms with Crippen LogP contribution >= 0.6 is 11.3 Å². The molecule has 3 aromatic rings. The quantitative estimate of drug-likeness (QED) is 0.718. The summed E-state index contributed by atoms with van der Waals surface area (Å²) >= 11 is 1.53.